The average molecular weight is 338 g/mol. The summed E-state index contributed by atoms with van der Waals surface area (Å²) in [6.07, 6.45) is 1.60. The lowest BCUT2D eigenvalue weighted by Crippen LogP contribution is -2.34. The number of nitrogens with zero attached hydrogens (tertiary/aromatic N) is 3. The van der Waals surface area contributed by atoms with Gasteiger partial charge in [0.25, 0.3) is 11.5 Å². The van der Waals surface area contributed by atoms with Crippen LogP contribution in [0.1, 0.15) is 23.0 Å². The van der Waals surface area contributed by atoms with Gasteiger partial charge in [-0.25, -0.2) is 9.97 Å². The van der Waals surface area contributed by atoms with E-state index in [0.29, 0.717) is 24.3 Å². The number of carbonyl (C=O) groups excluding carboxylic acids is 1. The molecule has 1 aromatic carbocycles. The van der Waals surface area contributed by atoms with E-state index in [1.54, 1.807) is 25.4 Å². The van der Waals surface area contributed by atoms with E-state index in [9.17, 15) is 9.59 Å². The number of carbonyl (C=O) groups is 1. The van der Waals surface area contributed by atoms with Crippen molar-refractivity contribution in [1.29, 1.82) is 0 Å². The van der Waals surface area contributed by atoms with Gasteiger partial charge in [-0.05, 0) is 36.8 Å². The third-order valence-electron chi connectivity index (χ3n) is 3.85. The first-order valence-electron chi connectivity index (χ1n) is 7.90. The number of nitrogens with one attached hydrogen (secondary N) is 1. The molecule has 0 saturated heterocycles. The van der Waals surface area contributed by atoms with E-state index in [4.69, 9.17) is 4.74 Å². The van der Waals surface area contributed by atoms with Crippen molar-refractivity contribution in [3.63, 3.8) is 0 Å². The number of methoxy groups -OCH3 is 1. The van der Waals surface area contributed by atoms with Crippen LogP contribution >= 0.6 is 0 Å². The van der Waals surface area contributed by atoms with Crippen molar-refractivity contribution < 1.29 is 9.53 Å². The minimum atomic E-state index is -0.506. The highest BCUT2D eigenvalue weighted by molar-refractivity contribution is 5.93. The normalized spacial score (nSPS) is 10.6. The standard InChI is InChI=1S/C18H18N4O3/c1-3-22-16-14(5-4-10-19-16)21-15(18(22)24)17(23)20-11-12-6-8-13(25-2)9-7-12/h4-10H,3,11H2,1-2H3,(H,20,23). The minimum absolute atomic E-state index is 0.129. The van der Waals surface area contributed by atoms with Gasteiger partial charge in [-0.2, -0.15) is 0 Å². The molecule has 3 aromatic rings. The first kappa shape index (κ1) is 16.6. The van der Waals surface area contributed by atoms with Crippen LogP contribution in [0, 0.1) is 0 Å². The fourth-order valence-electron chi connectivity index (χ4n) is 2.53. The van der Waals surface area contributed by atoms with Gasteiger partial charge in [0.2, 0.25) is 0 Å². The molecule has 0 aliphatic carbocycles. The summed E-state index contributed by atoms with van der Waals surface area (Å²) < 4.78 is 6.55. The molecule has 0 spiro atoms. The van der Waals surface area contributed by atoms with Crippen molar-refractivity contribution in [3.8, 4) is 5.75 Å². The summed E-state index contributed by atoms with van der Waals surface area (Å²) in [5, 5.41) is 2.73. The van der Waals surface area contributed by atoms with Crippen LogP contribution in [0.4, 0.5) is 0 Å². The van der Waals surface area contributed by atoms with E-state index >= 15 is 0 Å². The maximum atomic E-state index is 12.5. The Morgan fingerprint density at radius 1 is 1.24 bits per heavy atom. The van der Waals surface area contributed by atoms with Crippen LogP contribution in [0.5, 0.6) is 5.75 Å². The summed E-state index contributed by atoms with van der Waals surface area (Å²) in [6.45, 7) is 2.53. The van der Waals surface area contributed by atoms with Gasteiger partial charge in [-0.3, -0.25) is 14.2 Å². The van der Waals surface area contributed by atoms with E-state index in [2.05, 4.69) is 15.3 Å². The van der Waals surface area contributed by atoms with Crippen LogP contribution in [-0.4, -0.2) is 27.6 Å². The Morgan fingerprint density at radius 3 is 2.68 bits per heavy atom. The number of ether oxygens (including phenoxy) is 1. The molecule has 0 bridgehead atoms. The van der Waals surface area contributed by atoms with Crippen molar-refractivity contribution in [3.05, 3.63) is 64.2 Å². The number of hydrogen-bond donors (Lipinski definition) is 1. The first-order chi connectivity index (χ1) is 12.1. The molecule has 128 valence electrons. The maximum absolute atomic E-state index is 12.5. The predicted molar refractivity (Wildman–Crippen MR) is 93.6 cm³/mol. The molecule has 2 aromatic heterocycles. The second kappa shape index (κ2) is 7.12. The zero-order chi connectivity index (χ0) is 17.8. The molecule has 3 rings (SSSR count). The molecule has 0 aliphatic heterocycles. The Balaban J connectivity index is 1.86. The Kier molecular flexibility index (Phi) is 4.74. The molecule has 7 heteroatoms. The predicted octanol–water partition coefficient (Wildman–Crippen LogP) is 1.75. The largest absolute Gasteiger partial charge is 0.497 e. The monoisotopic (exact) mass is 338 g/mol. The minimum Gasteiger partial charge on any atom is -0.497 e. The molecule has 2 heterocycles. The molecule has 1 N–H and O–H groups in total. The van der Waals surface area contributed by atoms with Crippen LogP contribution in [0.3, 0.4) is 0 Å². The first-order valence-corrected chi connectivity index (χ1v) is 7.90. The number of benzene rings is 1. The van der Waals surface area contributed by atoms with Crippen molar-refractivity contribution in [2.24, 2.45) is 0 Å². The fourth-order valence-corrected chi connectivity index (χ4v) is 2.53. The smallest absolute Gasteiger partial charge is 0.283 e. The molecule has 0 fully saturated rings. The zero-order valence-electron chi connectivity index (χ0n) is 14.0. The molecule has 1 amide bonds. The second-order valence-electron chi connectivity index (χ2n) is 5.39. The SMILES string of the molecule is CCn1c(=O)c(C(=O)NCc2ccc(OC)cc2)nc2cccnc21. The number of aryl methyl sites for hydroxylation is 1. The topological polar surface area (TPSA) is 86.1 Å². The average Bonchev–Trinajstić information content (AvgIpc) is 2.66. The van der Waals surface area contributed by atoms with E-state index in [1.807, 2.05) is 31.2 Å². The van der Waals surface area contributed by atoms with Gasteiger partial charge >= 0.3 is 0 Å². The summed E-state index contributed by atoms with van der Waals surface area (Å²) in [5.41, 5.74) is 1.31. The summed E-state index contributed by atoms with van der Waals surface area (Å²) >= 11 is 0. The Hall–Kier alpha value is -3.22. The highest BCUT2D eigenvalue weighted by Crippen LogP contribution is 2.11. The van der Waals surface area contributed by atoms with Crippen molar-refractivity contribution in [2.45, 2.75) is 20.0 Å². The summed E-state index contributed by atoms with van der Waals surface area (Å²) in [7, 11) is 1.59. The molecule has 0 atom stereocenters. The van der Waals surface area contributed by atoms with Gasteiger partial charge in [0.15, 0.2) is 11.3 Å². The van der Waals surface area contributed by atoms with E-state index in [0.717, 1.165) is 11.3 Å². The summed E-state index contributed by atoms with van der Waals surface area (Å²) in [4.78, 5) is 33.4. The van der Waals surface area contributed by atoms with Crippen LogP contribution in [0.15, 0.2) is 47.4 Å². The molecule has 25 heavy (non-hydrogen) atoms. The molecule has 0 aliphatic rings. The van der Waals surface area contributed by atoms with Gasteiger partial charge in [0.05, 0.1) is 7.11 Å². The quantitative estimate of drug-likeness (QED) is 0.766. The number of rotatable bonds is 5. The zero-order valence-corrected chi connectivity index (χ0v) is 14.0. The van der Waals surface area contributed by atoms with Crippen LogP contribution in [0.25, 0.3) is 11.2 Å². The second-order valence-corrected chi connectivity index (χ2v) is 5.39. The number of aromatic nitrogens is 3. The van der Waals surface area contributed by atoms with Crippen LogP contribution in [0.2, 0.25) is 0 Å². The van der Waals surface area contributed by atoms with Gasteiger partial charge in [0, 0.05) is 19.3 Å². The summed E-state index contributed by atoms with van der Waals surface area (Å²) in [6, 6.07) is 10.8. The van der Waals surface area contributed by atoms with Crippen LogP contribution in [-0.2, 0) is 13.1 Å². The van der Waals surface area contributed by atoms with Gasteiger partial charge in [-0.15, -0.1) is 0 Å². The fraction of sp³-hybridized carbons (Fsp3) is 0.222. The van der Waals surface area contributed by atoms with Crippen molar-refractivity contribution >= 4 is 17.1 Å². The van der Waals surface area contributed by atoms with E-state index < -0.39 is 11.5 Å². The van der Waals surface area contributed by atoms with Crippen molar-refractivity contribution in [1.82, 2.24) is 19.9 Å². The molecule has 0 saturated carbocycles. The molecular formula is C18H18N4O3. The molecular weight excluding hydrogens is 320 g/mol. The third kappa shape index (κ3) is 3.35. The van der Waals surface area contributed by atoms with Crippen molar-refractivity contribution in [2.75, 3.05) is 7.11 Å². The lowest BCUT2D eigenvalue weighted by Gasteiger charge is -2.10. The third-order valence-corrected chi connectivity index (χ3v) is 3.85. The lowest BCUT2D eigenvalue weighted by molar-refractivity contribution is 0.0944. The maximum Gasteiger partial charge on any atom is 0.283 e. The number of pyridine rings is 1. The molecule has 0 radical (unpaired) electrons. The van der Waals surface area contributed by atoms with Gasteiger partial charge < -0.3 is 10.1 Å². The lowest BCUT2D eigenvalue weighted by atomic mass is 10.2. The molecule has 0 unspecified atom stereocenters. The highest BCUT2D eigenvalue weighted by Gasteiger charge is 2.17. The Bertz CT molecular complexity index is 964. The summed E-state index contributed by atoms with van der Waals surface area (Å²) in [5.74, 6) is 0.235. The van der Waals surface area contributed by atoms with E-state index in [-0.39, 0.29) is 5.69 Å². The Labute approximate surface area is 144 Å². The van der Waals surface area contributed by atoms with E-state index in [1.165, 1.54) is 4.57 Å². The number of amides is 1. The van der Waals surface area contributed by atoms with Gasteiger partial charge in [0.1, 0.15) is 11.3 Å². The number of hydrogen-bond acceptors (Lipinski definition) is 5. The Morgan fingerprint density at radius 2 is 2.00 bits per heavy atom. The highest BCUT2D eigenvalue weighted by atomic mass is 16.5. The number of fused-ring (bicyclic) bond motifs is 1. The molecule has 7 nitrogen and oxygen atoms in total. The van der Waals surface area contributed by atoms with Crippen LogP contribution < -0.4 is 15.6 Å². The van der Waals surface area contributed by atoms with Gasteiger partial charge in [-0.1, -0.05) is 12.1 Å².